The largest absolute Gasteiger partial charge is 0.391 e. The summed E-state index contributed by atoms with van der Waals surface area (Å²) in [7, 11) is 0. The van der Waals surface area contributed by atoms with Crippen molar-refractivity contribution in [1.29, 1.82) is 0 Å². The Kier molecular flexibility index (Phi) is 3.83. The Morgan fingerprint density at radius 1 is 1.62 bits per heavy atom. The van der Waals surface area contributed by atoms with Gasteiger partial charge in [0.2, 0.25) is 11.6 Å². The van der Waals surface area contributed by atoms with Crippen molar-refractivity contribution in [2.75, 3.05) is 5.73 Å². The fourth-order valence-electron chi connectivity index (χ4n) is 2.93. The van der Waals surface area contributed by atoms with Crippen LogP contribution in [0.1, 0.15) is 20.1 Å². The number of nitrogens with two attached hydrogens (primary N) is 1. The van der Waals surface area contributed by atoms with E-state index in [2.05, 4.69) is 21.8 Å². The third-order valence-electron chi connectivity index (χ3n) is 4.03. The highest BCUT2D eigenvalue weighted by molar-refractivity contribution is 5.76. The number of anilines is 1. The maximum absolute atomic E-state index is 15.4. The standard InChI is InChI=1S/C15H17FN4O4/c1-3-5-15(16)10(22)9(7(2)21)24-13(15)20-6-4-8-11(20)18-14(17)19-12(8)23/h4,6-7,9-10,13,21-22H,1-2H3,(H3,17,18,19,23)/t7-,9+,10?,13+,15?/m0/s1. The lowest BCUT2D eigenvalue weighted by atomic mass is 9.94. The van der Waals surface area contributed by atoms with Crippen LogP contribution >= 0.6 is 0 Å². The van der Waals surface area contributed by atoms with Gasteiger partial charge in [-0.3, -0.25) is 9.78 Å². The number of fused-ring (bicyclic) bond motifs is 1. The van der Waals surface area contributed by atoms with Crippen molar-refractivity contribution in [2.24, 2.45) is 0 Å². The molecule has 5 atom stereocenters. The van der Waals surface area contributed by atoms with E-state index in [0.29, 0.717) is 0 Å². The maximum Gasteiger partial charge on any atom is 0.261 e. The van der Waals surface area contributed by atoms with E-state index in [1.54, 1.807) is 0 Å². The van der Waals surface area contributed by atoms with Crippen molar-refractivity contribution in [1.82, 2.24) is 14.5 Å². The third-order valence-corrected chi connectivity index (χ3v) is 4.03. The quantitative estimate of drug-likeness (QED) is 0.557. The van der Waals surface area contributed by atoms with Gasteiger partial charge in [0.15, 0.2) is 11.9 Å². The molecule has 0 radical (unpaired) electrons. The molecule has 5 N–H and O–H groups in total. The maximum atomic E-state index is 15.4. The summed E-state index contributed by atoms with van der Waals surface area (Å²) in [6, 6.07) is 1.44. The molecule has 2 unspecified atom stereocenters. The molecule has 8 nitrogen and oxygen atoms in total. The Labute approximate surface area is 136 Å². The number of nitrogens with zero attached hydrogens (tertiary/aromatic N) is 2. The molecule has 1 saturated heterocycles. The van der Waals surface area contributed by atoms with Gasteiger partial charge in [-0.05, 0) is 19.9 Å². The molecule has 1 aliphatic rings. The molecule has 0 saturated carbocycles. The summed E-state index contributed by atoms with van der Waals surface area (Å²) in [6.45, 7) is 2.81. The summed E-state index contributed by atoms with van der Waals surface area (Å²) in [6.07, 6.45) is -3.98. The summed E-state index contributed by atoms with van der Waals surface area (Å²) < 4.78 is 22.2. The van der Waals surface area contributed by atoms with Crippen LogP contribution < -0.4 is 11.3 Å². The summed E-state index contributed by atoms with van der Waals surface area (Å²) in [5.74, 6) is 4.61. The summed E-state index contributed by atoms with van der Waals surface area (Å²) in [5.41, 5.74) is 2.68. The molecule has 24 heavy (non-hydrogen) atoms. The first-order valence-electron chi connectivity index (χ1n) is 7.30. The van der Waals surface area contributed by atoms with Gasteiger partial charge in [-0.25, -0.2) is 4.39 Å². The Morgan fingerprint density at radius 3 is 2.96 bits per heavy atom. The SMILES string of the molecule is CC#CC1(F)C(O)[C@@H]([C@H](C)O)O[C@H]1n1ccc2c(=O)[nH]c(N)nc21. The Bertz CT molecular complexity index is 896. The molecule has 0 amide bonds. The second-order valence-electron chi connectivity index (χ2n) is 5.69. The molecular formula is C15H17FN4O4. The van der Waals surface area contributed by atoms with Gasteiger partial charge >= 0.3 is 0 Å². The number of aliphatic hydroxyl groups excluding tert-OH is 2. The molecule has 128 valence electrons. The van der Waals surface area contributed by atoms with Gasteiger partial charge in [-0.1, -0.05) is 5.92 Å². The van der Waals surface area contributed by atoms with E-state index < -0.39 is 35.8 Å². The van der Waals surface area contributed by atoms with Crippen LogP contribution in [-0.4, -0.2) is 48.7 Å². The van der Waals surface area contributed by atoms with E-state index in [1.165, 1.54) is 30.7 Å². The highest BCUT2D eigenvalue weighted by Gasteiger charge is 2.59. The van der Waals surface area contributed by atoms with Crippen LogP contribution in [0.5, 0.6) is 0 Å². The van der Waals surface area contributed by atoms with Crippen molar-refractivity contribution in [3.05, 3.63) is 22.6 Å². The molecule has 0 bridgehead atoms. The Balaban J connectivity index is 2.20. The smallest absolute Gasteiger partial charge is 0.261 e. The van der Waals surface area contributed by atoms with Crippen LogP contribution in [0.3, 0.4) is 0 Å². The predicted octanol–water partition coefficient (Wildman–Crippen LogP) is -0.323. The van der Waals surface area contributed by atoms with Crippen LogP contribution in [0.2, 0.25) is 0 Å². The first kappa shape index (κ1) is 16.4. The number of alkyl halides is 1. The van der Waals surface area contributed by atoms with Gasteiger partial charge in [-0.2, -0.15) is 4.98 Å². The Hall–Kier alpha value is -2.41. The lowest BCUT2D eigenvalue weighted by molar-refractivity contribution is -0.0775. The van der Waals surface area contributed by atoms with Crippen LogP contribution in [0.25, 0.3) is 11.0 Å². The van der Waals surface area contributed by atoms with Gasteiger partial charge in [0.1, 0.15) is 12.2 Å². The predicted molar refractivity (Wildman–Crippen MR) is 83.7 cm³/mol. The molecule has 2 aromatic rings. The average Bonchev–Trinajstić information content (AvgIpc) is 3.00. The first-order valence-corrected chi connectivity index (χ1v) is 7.30. The monoisotopic (exact) mass is 336 g/mol. The third kappa shape index (κ3) is 2.27. The second kappa shape index (κ2) is 5.59. The number of hydrogen-bond acceptors (Lipinski definition) is 6. The van der Waals surface area contributed by atoms with E-state index in [9.17, 15) is 15.0 Å². The highest BCUT2D eigenvalue weighted by Crippen LogP contribution is 2.43. The van der Waals surface area contributed by atoms with E-state index in [-0.39, 0.29) is 17.0 Å². The highest BCUT2D eigenvalue weighted by atomic mass is 19.1. The van der Waals surface area contributed by atoms with Gasteiger partial charge in [0.05, 0.1) is 11.5 Å². The van der Waals surface area contributed by atoms with Crippen LogP contribution in [0.15, 0.2) is 17.1 Å². The average molecular weight is 336 g/mol. The van der Waals surface area contributed by atoms with Gasteiger partial charge in [0, 0.05) is 6.20 Å². The zero-order valence-corrected chi connectivity index (χ0v) is 13.0. The van der Waals surface area contributed by atoms with Crippen molar-refractivity contribution >= 4 is 17.0 Å². The summed E-state index contributed by atoms with van der Waals surface area (Å²) in [5, 5.41) is 20.2. The zero-order chi connectivity index (χ0) is 17.6. The zero-order valence-electron chi connectivity index (χ0n) is 13.0. The number of rotatable bonds is 2. The van der Waals surface area contributed by atoms with Gasteiger partial charge < -0.3 is 25.3 Å². The summed E-state index contributed by atoms with van der Waals surface area (Å²) >= 11 is 0. The van der Waals surface area contributed by atoms with E-state index in [4.69, 9.17) is 10.5 Å². The number of H-pyrrole nitrogens is 1. The molecule has 3 heterocycles. The van der Waals surface area contributed by atoms with Crippen molar-refractivity contribution in [2.45, 2.75) is 44.1 Å². The first-order chi connectivity index (χ1) is 11.3. The fraction of sp³-hybridized carbons (Fsp3) is 0.467. The topological polar surface area (TPSA) is 126 Å². The number of nitrogen functional groups attached to an aromatic ring is 1. The van der Waals surface area contributed by atoms with Crippen LogP contribution in [0, 0.1) is 11.8 Å². The number of ether oxygens (including phenoxy) is 1. The molecule has 0 spiro atoms. The molecule has 1 fully saturated rings. The number of aromatic nitrogens is 3. The molecular weight excluding hydrogens is 319 g/mol. The fourth-order valence-corrected chi connectivity index (χ4v) is 2.93. The van der Waals surface area contributed by atoms with Crippen molar-refractivity contribution < 1.29 is 19.3 Å². The van der Waals surface area contributed by atoms with Gasteiger partial charge in [-0.15, -0.1) is 5.92 Å². The van der Waals surface area contributed by atoms with Crippen LogP contribution in [0.4, 0.5) is 10.3 Å². The summed E-state index contributed by atoms with van der Waals surface area (Å²) in [4.78, 5) is 18.3. The minimum atomic E-state index is -2.48. The van der Waals surface area contributed by atoms with Crippen molar-refractivity contribution in [3.63, 3.8) is 0 Å². The molecule has 1 aliphatic heterocycles. The number of nitrogens with one attached hydrogen (secondary N) is 1. The van der Waals surface area contributed by atoms with Gasteiger partial charge in [0.25, 0.3) is 5.56 Å². The Morgan fingerprint density at radius 2 is 2.33 bits per heavy atom. The minimum absolute atomic E-state index is 0.0969. The van der Waals surface area contributed by atoms with E-state index in [0.717, 1.165) is 0 Å². The van der Waals surface area contributed by atoms with E-state index in [1.807, 2.05) is 0 Å². The molecule has 0 aromatic carbocycles. The number of hydrogen-bond donors (Lipinski definition) is 4. The van der Waals surface area contributed by atoms with Crippen molar-refractivity contribution in [3.8, 4) is 11.8 Å². The van der Waals surface area contributed by atoms with E-state index >= 15 is 4.39 Å². The second-order valence-corrected chi connectivity index (χ2v) is 5.69. The minimum Gasteiger partial charge on any atom is -0.391 e. The molecule has 9 heteroatoms. The molecule has 3 rings (SSSR count). The van der Waals surface area contributed by atoms with Crippen LogP contribution in [-0.2, 0) is 4.74 Å². The number of aliphatic hydroxyl groups is 2. The lowest BCUT2D eigenvalue weighted by Crippen LogP contribution is -2.44. The lowest BCUT2D eigenvalue weighted by Gasteiger charge is -2.24. The normalized spacial score (nSPS) is 31.0. The number of aromatic amines is 1. The molecule has 2 aromatic heterocycles. The molecule has 0 aliphatic carbocycles. The number of halogens is 1.